The highest BCUT2D eigenvalue weighted by molar-refractivity contribution is 5.63. The summed E-state index contributed by atoms with van der Waals surface area (Å²) in [4.78, 5) is 0. The molecule has 1 aliphatic rings. The average Bonchev–Trinajstić information content (AvgIpc) is 2.36. The third-order valence-electron chi connectivity index (χ3n) is 2.24. The van der Waals surface area contributed by atoms with Crippen molar-refractivity contribution in [2.24, 2.45) is 0 Å². The predicted molar refractivity (Wildman–Crippen MR) is 52.0 cm³/mol. The zero-order chi connectivity index (χ0) is 9.26. The molecule has 0 aliphatic carbocycles. The van der Waals surface area contributed by atoms with Crippen LogP contribution in [0.25, 0.3) is 6.08 Å². The van der Waals surface area contributed by atoms with Gasteiger partial charge in [0.05, 0.1) is 6.61 Å². The summed E-state index contributed by atoms with van der Waals surface area (Å²) in [5, 5.41) is 9.46. The molecule has 0 spiro atoms. The van der Waals surface area contributed by atoms with Crippen molar-refractivity contribution in [2.45, 2.75) is 13.3 Å². The van der Waals surface area contributed by atoms with E-state index in [1.807, 2.05) is 19.1 Å². The van der Waals surface area contributed by atoms with E-state index in [4.69, 9.17) is 4.74 Å². The summed E-state index contributed by atoms with van der Waals surface area (Å²) in [6.45, 7) is 2.56. The number of aromatic hydroxyl groups is 1. The standard InChI is InChI=1S/C11H12O2/c1-8-10(12)6-5-9-4-2-3-7-13-11(8)9/h2,4-6,12H,3,7H2,1H3. The van der Waals surface area contributed by atoms with E-state index in [9.17, 15) is 5.11 Å². The van der Waals surface area contributed by atoms with E-state index >= 15 is 0 Å². The Labute approximate surface area is 77.5 Å². The predicted octanol–water partition coefficient (Wildman–Crippen LogP) is 2.50. The summed E-state index contributed by atoms with van der Waals surface area (Å²) >= 11 is 0. The summed E-state index contributed by atoms with van der Waals surface area (Å²) in [7, 11) is 0. The van der Waals surface area contributed by atoms with Crippen LogP contribution in [0.5, 0.6) is 11.5 Å². The summed E-state index contributed by atoms with van der Waals surface area (Å²) in [6.07, 6.45) is 5.05. The first-order chi connectivity index (χ1) is 6.29. The molecule has 0 aromatic heterocycles. The molecule has 1 N–H and O–H groups in total. The summed E-state index contributed by atoms with van der Waals surface area (Å²) in [5.41, 5.74) is 1.87. The van der Waals surface area contributed by atoms with Gasteiger partial charge in [-0.15, -0.1) is 0 Å². The number of phenolic OH excluding ortho intramolecular Hbond substituents is 1. The molecule has 2 rings (SSSR count). The van der Waals surface area contributed by atoms with Gasteiger partial charge >= 0.3 is 0 Å². The third kappa shape index (κ3) is 1.39. The van der Waals surface area contributed by atoms with Crippen LogP contribution in [-0.2, 0) is 0 Å². The maximum Gasteiger partial charge on any atom is 0.133 e. The second-order valence-corrected chi connectivity index (χ2v) is 3.17. The zero-order valence-corrected chi connectivity index (χ0v) is 7.58. The number of rotatable bonds is 0. The highest BCUT2D eigenvalue weighted by Gasteiger charge is 2.10. The smallest absolute Gasteiger partial charge is 0.133 e. The molecule has 2 nitrogen and oxygen atoms in total. The SMILES string of the molecule is Cc1c(O)ccc2c1OCCC=C2. The largest absolute Gasteiger partial charge is 0.508 e. The molecule has 1 aromatic rings. The van der Waals surface area contributed by atoms with Gasteiger partial charge in [0.25, 0.3) is 0 Å². The van der Waals surface area contributed by atoms with Gasteiger partial charge in [0.1, 0.15) is 11.5 Å². The van der Waals surface area contributed by atoms with Gasteiger partial charge in [-0.05, 0) is 25.5 Å². The first-order valence-electron chi connectivity index (χ1n) is 4.41. The number of ether oxygens (including phenoxy) is 1. The molecule has 0 saturated heterocycles. The zero-order valence-electron chi connectivity index (χ0n) is 7.58. The third-order valence-corrected chi connectivity index (χ3v) is 2.24. The highest BCUT2D eigenvalue weighted by atomic mass is 16.5. The van der Waals surface area contributed by atoms with Crippen LogP contribution in [-0.4, -0.2) is 11.7 Å². The van der Waals surface area contributed by atoms with Gasteiger partial charge in [-0.1, -0.05) is 12.2 Å². The van der Waals surface area contributed by atoms with E-state index in [-0.39, 0.29) is 0 Å². The van der Waals surface area contributed by atoms with E-state index in [2.05, 4.69) is 6.08 Å². The fourth-order valence-corrected chi connectivity index (χ4v) is 1.46. The van der Waals surface area contributed by atoms with Crippen molar-refractivity contribution in [2.75, 3.05) is 6.61 Å². The Morgan fingerprint density at radius 1 is 1.38 bits per heavy atom. The highest BCUT2D eigenvalue weighted by Crippen LogP contribution is 2.32. The van der Waals surface area contributed by atoms with Gasteiger partial charge in [0, 0.05) is 11.1 Å². The first kappa shape index (κ1) is 8.17. The van der Waals surface area contributed by atoms with Crippen LogP contribution in [0.4, 0.5) is 0 Å². The molecular formula is C11H12O2. The van der Waals surface area contributed by atoms with E-state index in [0.717, 1.165) is 23.3 Å². The molecule has 0 atom stereocenters. The summed E-state index contributed by atoms with van der Waals surface area (Å²) in [5.74, 6) is 1.11. The Balaban J connectivity index is 2.57. The van der Waals surface area contributed by atoms with Crippen molar-refractivity contribution in [3.63, 3.8) is 0 Å². The normalized spacial score (nSPS) is 14.5. The maximum atomic E-state index is 9.46. The number of hydrogen-bond acceptors (Lipinski definition) is 2. The van der Waals surface area contributed by atoms with Crippen LogP contribution >= 0.6 is 0 Å². The minimum absolute atomic E-state index is 0.300. The van der Waals surface area contributed by atoms with Crippen molar-refractivity contribution >= 4 is 6.08 Å². The minimum Gasteiger partial charge on any atom is -0.508 e. The number of fused-ring (bicyclic) bond motifs is 1. The van der Waals surface area contributed by atoms with E-state index in [1.54, 1.807) is 6.07 Å². The fraction of sp³-hybridized carbons (Fsp3) is 0.273. The molecule has 0 amide bonds. The molecule has 0 unspecified atom stereocenters. The van der Waals surface area contributed by atoms with Gasteiger partial charge in [0.2, 0.25) is 0 Å². The van der Waals surface area contributed by atoms with Crippen molar-refractivity contribution in [1.29, 1.82) is 0 Å². The van der Waals surface area contributed by atoms with Gasteiger partial charge in [-0.3, -0.25) is 0 Å². The number of phenols is 1. The molecule has 1 aromatic carbocycles. The topological polar surface area (TPSA) is 29.5 Å². The summed E-state index contributed by atoms with van der Waals surface area (Å²) in [6, 6.07) is 3.58. The molecule has 2 heteroatoms. The molecule has 0 saturated carbocycles. The first-order valence-corrected chi connectivity index (χ1v) is 4.41. The summed E-state index contributed by atoms with van der Waals surface area (Å²) < 4.78 is 5.54. The Bertz CT molecular complexity index is 353. The van der Waals surface area contributed by atoms with Crippen molar-refractivity contribution in [3.8, 4) is 11.5 Å². The van der Waals surface area contributed by atoms with Gasteiger partial charge in [-0.2, -0.15) is 0 Å². The van der Waals surface area contributed by atoms with Crippen LogP contribution < -0.4 is 4.74 Å². The molecule has 0 radical (unpaired) electrons. The van der Waals surface area contributed by atoms with E-state index in [0.29, 0.717) is 12.4 Å². The van der Waals surface area contributed by atoms with Crippen LogP contribution in [0.3, 0.4) is 0 Å². The maximum absolute atomic E-state index is 9.46. The Morgan fingerprint density at radius 3 is 3.08 bits per heavy atom. The minimum atomic E-state index is 0.300. The Hall–Kier alpha value is -1.44. The van der Waals surface area contributed by atoms with Gasteiger partial charge in [-0.25, -0.2) is 0 Å². The van der Waals surface area contributed by atoms with Crippen LogP contribution in [0.1, 0.15) is 17.5 Å². The fourth-order valence-electron chi connectivity index (χ4n) is 1.46. The average molecular weight is 176 g/mol. The van der Waals surface area contributed by atoms with Gasteiger partial charge < -0.3 is 9.84 Å². The molecule has 1 aliphatic heterocycles. The van der Waals surface area contributed by atoms with Crippen LogP contribution in [0, 0.1) is 6.92 Å². The monoisotopic (exact) mass is 176 g/mol. The van der Waals surface area contributed by atoms with Crippen LogP contribution in [0.15, 0.2) is 18.2 Å². The lowest BCUT2D eigenvalue weighted by atomic mass is 10.1. The van der Waals surface area contributed by atoms with Crippen LogP contribution in [0.2, 0.25) is 0 Å². The number of hydrogen-bond donors (Lipinski definition) is 1. The molecular weight excluding hydrogens is 164 g/mol. The second-order valence-electron chi connectivity index (χ2n) is 3.17. The lowest BCUT2D eigenvalue weighted by molar-refractivity contribution is 0.322. The van der Waals surface area contributed by atoms with Crippen molar-refractivity contribution in [1.82, 2.24) is 0 Å². The Kier molecular flexibility index (Phi) is 1.97. The molecule has 68 valence electrons. The lowest BCUT2D eigenvalue weighted by Crippen LogP contribution is -1.97. The molecule has 13 heavy (non-hydrogen) atoms. The van der Waals surface area contributed by atoms with Crippen molar-refractivity contribution in [3.05, 3.63) is 29.3 Å². The van der Waals surface area contributed by atoms with Gasteiger partial charge in [0.15, 0.2) is 0 Å². The number of benzene rings is 1. The quantitative estimate of drug-likeness (QED) is 0.658. The molecule has 0 bridgehead atoms. The Morgan fingerprint density at radius 2 is 2.23 bits per heavy atom. The second kappa shape index (κ2) is 3.13. The lowest BCUT2D eigenvalue weighted by Gasteiger charge is -2.10. The molecule has 0 fully saturated rings. The molecule has 1 heterocycles. The van der Waals surface area contributed by atoms with E-state index in [1.165, 1.54) is 0 Å². The van der Waals surface area contributed by atoms with Crippen molar-refractivity contribution < 1.29 is 9.84 Å². The van der Waals surface area contributed by atoms with E-state index < -0.39 is 0 Å².